The molecular weight excluding hydrogens is 266 g/mol. The largest absolute Gasteiger partial charge is 0.489 e. The molecule has 5 nitrogen and oxygen atoms in total. The molecule has 0 aliphatic heterocycles. The number of nitrogens with one attached hydrogen (secondary N) is 1. The van der Waals surface area contributed by atoms with Gasteiger partial charge in [0.25, 0.3) is 5.91 Å². The van der Waals surface area contributed by atoms with Crippen molar-refractivity contribution in [3.8, 4) is 5.75 Å². The molecule has 1 heterocycles. The summed E-state index contributed by atoms with van der Waals surface area (Å²) >= 11 is 0. The summed E-state index contributed by atoms with van der Waals surface area (Å²) in [4.78, 5) is 15.7. The number of benzene rings is 1. The van der Waals surface area contributed by atoms with E-state index < -0.39 is 0 Å². The lowest BCUT2D eigenvalue weighted by Gasteiger charge is -2.06. The van der Waals surface area contributed by atoms with E-state index in [4.69, 9.17) is 4.74 Å². The number of pyridine rings is 1. The van der Waals surface area contributed by atoms with Gasteiger partial charge in [-0.15, -0.1) is 0 Å². The van der Waals surface area contributed by atoms with Gasteiger partial charge in [-0.05, 0) is 24.3 Å². The number of para-hydroxylation sites is 1. The Balaban J connectivity index is 2.01. The van der Waals surface area contributed by atoms with Crippen LogP contribution in [0.15, 0.2) is 66.5 Å². The van der Waals surface area contributed by atoms with E-state index in [9.17, 15) is 4.79 Å². The minimum absolute atomic E-state index is 0.316. The van der Waals surface area contributed by atoms with E-state index in [2.05, 4.69) is 22.1 Å². The number of aromatic nitrogens is 1. The predicted octanol–water partition coefficient (Wildman–Crippen LogP) is 2.41. The van der Waals surface area contributed by atoms with Crippen LogP contribution in [0.5, 0.6) is 5.75 Å². The quantitative estimate of drug-likeness (QED) is 0.502. The molecule has 5 heteroatoms. The lowest BCUT2D eigenvalue weighted by molar-refractivity contribution is 0.0955. The second kappa shape index (κ2) is 7.59. The summed E-state index contributed by atoms with van der Waals surface area (Å²) in [5.41, 5.74) is 3.66. The van der Waals surface area contributed by atoms with Gasteiger partial charge in [-0.3, -0.25) is 9.78 Å². The van der Waals surface area contributed by atoms with Crippen molar-refractivity contribution >= 4 is 12.1 Å². The topological polar surface area (TPSA) is 63.6 Å². The van der Waals surface area contributed by atoms with Gasteiger partial charge < -0.3 is 4.74 Å². The standard InChI is InChI=1S/C16H15N3O2/c1-2-10-21-15-8-4-3-6-13(15)12-18-19-16(20)14-7-5-9-17-11-14/h2-9,11-12H,1,10H2,(H,19,20). The van der Waals surface area contributed by atoms with Gasteiger partial charge >= 0.3 is 0 Å². The molecular formula is C16H15N3O2. The van der Waals surface area contributed by atoms with Crippen LogP contribution >= 0.6 is 0 Å². The second-order valence-corrected chi connectivity index (χ2v) is 4.08. The minimum atomic E-state index is -0.316. The van der Waals surface area contributed by atoms with Gasteiger partial charge in [-0.2, -0.15) is 5.10 Å². The maximum Gasteiger partial charge on any atom is 0.272 e. The zero-order chi connectivity index (χ0) is 14.9. The van der Waals surface area contributed by atoms with E-state index in [1.54, 1.807) is 24.4 Å². The van der Waals surface area contributed by atoms with Crippen LogP contribution in [0.4, 0.5) is 0 Å². The highest BCUT2D eigenvalue weighted by atomic mass is 16.5. The van der Waals surface area contributed by atoms with E-state index in [-0.39, 0.29) is 5.91 Å². The van der Waals surface area contributed by atoms with Gasteiger partial charge in [0.05, 0.1) is 11.8 Å². The predicted molar refractivity (Wildman–Crippen MR) is 81.4 cm³/mol. The minimum Gasteiger partial charge on any atom is -0.489 e. The molecule has 1 aromatic carbocycles. The first-order valence-electron chi connectivity index (χ1n) is 6.37. The van der Waals surface area contributed by atoms with Crippen molar-refractivity contribution in [2.75, 3.05) is 6.61 Å². The van der Waals surface area contributed by atoms with Crippen molar-refractivity contribution in [1.82, 2.24) is 10.4 Å². The van der Waals surface area contributed by atoms with Crippen molar-refractivity contribution in [2.45, 2.75) is 0 Å². The highest BCUT2D eigenvalue weighted by Gasteiger charge is 2.03. The fourth-order valence-corrected chi connectivity index (χ4v) is 1.59. The molecule has 0 bridgehead atoms. The van der Waals surface area contributed by atoms with Gasteiger partial charge in [-0.1, -0.05) is 24.8 Å². The molecule has 106 valence electrons. The molecule has 0 saturated heterocycles. The SMILES string of the molecule is C=CCOc1ccccc1C=NNC(=O)c1cccnc1. The Morgan fingerprint density at radius 1 is 1.33 bits per heavy atom. The Hall–Kier alpha value is -2.95. The molecule has 1 N–H and O–H groups in total. The summed E-state index contributed by atoms with van der Waals surface area (Å²) in [6.45, 7) is 4.01. The maximum absolute atomic E-state index is 11.8. The first-order chi connectivity index (χ1) is 10.3. The molecule has 0 saturated carbocycles. The summed E-state index contributed by atoms with van der Waals surface area (Å²) in [7, 11) is 0. The molecule has 0 aliphatic carbocycles. The molecule has 0 aliphatic rings. The van der Waals surface area contributed by atoms with E-state index in [0.717, 1.165) is 5.56 Å². The van der Waals surface area contributed by atoms with Gasteiger partial charge in [0.2, 0.25) is 0 Å². The molecule has 21 heavy (non-hydrogen) atoms. The lowest BCUT2D eigenvalue weighted by Crippen LogP contribution is -2.17. The van der Waals surface area contributed by atoms with Crippen LogP contribution < -0.4 is 10.2 Å². The fraction of sp³-hybridized carbons (Fsp3) is 0.0625. The lowest BCUT2D eigenvalue weighted by atomic mass is 10.2. The van der Waals surface area contributed by atoms with Crippen molar-refractivity contribution in [1.29, 1.82) is 0 Å². The number of carbonyl (C=O) groups excluding carboxylic acids is 1. The highest BCUT2D eigenvalue weighted by molar-refractivity contribution is 5.94. The van der Waals surface area contributed by atoms with Gasteiger partial charge in [0, 0.05) is 18.0 Å². The first-order valence-corrected chi connectivity index (χ1v) is 6.37. The van der Waals surface area contributed by atoms with Crippen LogP contribution in [0.3, 0.4) is 0 Å². The summed E-state index contributed by atoms with van der Waals surface area (Å²) in [5, 5.41) is 3.93. The molecule has 0 radical (unpaired) electrons. The summed E-state index contributed by atoms with van der Waals surface area (Å²) < 4.78 is 5.50. The normalized spacial score (nSPS) is 10.3. The third-order valence-corrected chi connectivity index (χ3v) is 2.57. The fourth-order valence-electron chi connectivity index (χ4n) is 1.59. The van der Waals surface area contributed by atoms with Crippen LogP contribution in [-0.2, 0) is 0 Å². The van der Waals surface area contributed by atoms with Crippen LogP contribution in [0.1, 0.15) is 15.9 Å². The maximum atomic E-state index is 11.8. The van der Waals surface area contributed by atoms with E-state index >= 15 is 0 Å². The Morgan fingerprint density at radius 3 is 2.95 bits per heavy atom. The average molecular weight is 281 g/mol. The zero-order valence-corrected chi connectivity index (χ0v) is 11.4. The Labute approximate surface area is 123 Å². The number of carbonyl (C=O) groups is 1. The zero-order valence-electron chi connectivity index (χ0n) is 11.4. The molecule has 0 unspecified atom stereocenters. The highest BCUT2D eigenvalue weighted by Crippen LogP contribution is 2.15. The smallest absolute Gasteiger partial charge is 0.272 e. The van der Waals surface area contributed by atoms with Crippen molar-refractivity contribution < 1.29 is 9.53 Å². The summed E-state index contributed by atoms with van der Waals surface area (Å²) in [6, 6.07) is 10.8. The molecule has 2 rings (SSSR count). The number of rotatable bonds is 6. The monoisotopic (exact) mass is 281 g/mol. The van der Waals surface area contributed by atoms with Crippen molar-refractivity contribution in [3.63, 3.8) is 0 Å². The van der Waals surface area contributed by atoms with Gasteiger partial charge in [0.15, 0.2) is 0 Å². The number of amides is 1. The van der Waals surface area contributed by atoms with Gasteiger partial charge in [-0.25, -0.2) is 5.43 Å². The van der Waals surface area contributed by atoms with E-state index in [0.29, 0.717) is 17.9 Å². The van der Waals surface area contributed by atoms with E-state index in [1.807, 2.05) is 24.3 Å². The molecule has 2 aromatic rings. The van der Waals surface area contributed by atoms with E-state index in [1.165, 1.54) is 12.4 Å². The average Bonchev–Trinajstić information content (AvgIpc) is 2.54. The van der Waals surface area contributed by atoms with Crippen LogP contribution in [-0.4, -0.2) is 23.7 Å². The molecule has 0 spiro atoms. The molecule has 0 fully saturated rings. The van der Waals surface area contributed by atoms with Crippen LogP contribution in [0.2, 0.25) is 0 Å². The molecule has 1 amide bonds. The third kappa shape index (κ3) is 4.28. The summed E-state index contributed by atoms with van der Waals surface area (Å²) in [5.74, 6) is 0.362. The Bertz CT molecular complexity index is 639. The number of hydrogen-bond donors (Lipinski definition) is 1. The third-order valence-electron chi connectivity index (χ3n) is 2.57. The number of hydrazone groups is 1. The number of ether oxygens (including phenoxy) is 1. The van der Waals surface area contributed by atoms with Crippen LogP contribution in [0, 0.1) is 0 Å². The summed E-state index contributed by atoms with van der Waals surface area (Å²) in [6.07, 6.45) is 6.28. The van der Waals surface area contributed by atoms with Crippen molar-refractivity contribution in [2.24, 2.45) is 5.10 Å². The first kappa shape index (κ1) is 14.5. The molecule has 1 aromatic heterocycles. The second-order valence-electron chi connectivity index (χ2n) is 4.08. The number of hydrogen-bond acceptors (Lipinski definition) is 4. The molecule has 0 atom stereocenters. The Morgan fingerprint density at radius 2 is 2.19 bits per heavy atom. The van der Waals surface area contributed by atoms with Crippen LogP contribution in [0.25, 0.3) is 0 Å². The number of nitrogens with zero attached hydrogens (tertiary/aromatic N) is 2. The van der Waals surface area contributed by atoms with Crippen molar-refractivity contribution in [3.05, 3.63) is 72.6 Å². The van der Waals surface area contributed by atoms with Gasteiger partial charge in [0.1, 0.15) is 12.4 Å². The Kier molecular flexibility index (Phi) is 5.23.